The Morgan fingerprint density at radius 3 is 2.69 bits per heavy atom. The number of hydrogen-bond acceptors (Lipinski definition) is 7. The predicted octanol–water partition coefficient (Wildman–Crippen LogP) is 4.18. The fourth-order valence-corrected chi connectivity index (χ4v) is 3.16. The van der Waals surface area contributed by atoms with Crippen LogP contribution in [-0.4, -0.2) is 16.1 Å². The predicted molar refractivity (Wildman–Crippen MR) is 94.4 cm³/mol. The first-order valence-electron chi connectivity index (χ1n) is 7.52. The molecule has 0 atom stereocenters. The molecular formula is C18H10N4O3S. The summed E-state index contributed by atoms with van der Waals surface area (Å²) in [6.07, 6.45) is 1.49. The lowest BCUT2D eigenvalue weighted by atomic mass is 10.1. The van der Waals surface area contributed by atoms with Gasteiger partial charge in [-0.15, -0.1) is 16.4 Å². The van der Waals surface area contributed by atoms with Crippen molar-refractivity contribution in [3.05, 3.63) is 65.2 Å². The van der Waals surface area contributed by atoms with Crippen molar-refractivity contribution in [3.63, 3.8) is 0 Å². The molecular weight excluding hydrogens is 352 g/mol. The molecule has 4 rings (SSSR count). The van der Waals surface area contributed by atoms with Gasteiger partial charge in [0, 0.05) is 4.88 Å². The zero-order valence-electron chi connectivity index (χ0n) is 13.2. The number of rotatable bonds is 4. The highest BCUT2D eigenvalue weighted by molar-refractivity contribution is 7.17. The molecule has 0 aliphatic heterocycles. The van der Waals surface area contributed by atoms with E-state index in [1.54, 1.807) is 30.3 Å². The number of amides is 1. The lowest BCUT2D eigenvalue weighted by Crippen LogP contribution is -2.10. The van der Waals surface area contributed by atoms with Gasteiger partial charge in [0.15, 0.2) is 5.76 Å². The first-order chi connectivity index (χ1) is 12.7. The number of hydrogen-bond donors (Lipinski definition) is 1. The lowest BCUT2D eigenvalue weighted by Gasteiger charge is -1.98. The molecule has 0 radical (unpaired) electrons. The Morgan fingerprint density at radius 1 is 1.12 bits per heavy atom. The average molecular weight is 362 g/mol. The molecule has 4 aromatic rings. The van der Waals surface area contributed by atoms with E-state index in [0.29, 0.717) is 16.2 Å². The van der Waals surface area contributed by atoms with Gasteiger partial charge in [-0.25, -0.2) is 0 Å². The Kier molecular flexibility index (Phi) is 4.05. The molecule has 1 aromatic carbocycles. The van der Waals surface area contributed by atoms with E-state index in [1.165, 1.54) is 17.6 Å². The van der Waals surface area contributed by atoms with Crippen LogP contribution in [0.15, 0.2) is 63.6 Å². The molecule has 0 fully saturated rings. The summed E-state index contributed by atoms with van der Waals surface area (Å²) >= 11 is 1.33. The monoisotopic (exact) mass is 362 g/mol. The molecule has 1 amide bonds. The molecule has 0 bridgehead atoms. The largest absolute Gasteiger partial charge is 0.459 e. The summed E-state index contributed by atoms with van der Waals surface area (Å²) in [5.74, 6) is 0.275. The van der Waals surface area contributed by atoms with Gasteiger partial charge in [0.1, 0.15) is 0 Å². The summed E-state index contributed by atoms with van der Waals surface area (Å²) in [7, 11) is 0. The second-order valence-corrected chi connectivity index (χ2v) is 6.28. The van der Waals surface area contributed by atoms with E-state index in [1.807, 2.05) is 18.2 Å². The Morgan fingerprint density at radius 2 is 1.96 bits per heavy atom. The van der Waals surface area contributed by atoms with Crippen LogP contribution < -0.4 is 5.32 Å². The van der Waals surface area contributed by atoms with Crippen molar-refractivity contribution in [3.8, 4) is 28.2 Å². The third kappa shape index (κ3) is 3.11. The van der Waals surface area contributed by atoms with E-state index < -0.39 is 0 Å². The Hall–Kier alpha value is -3.70. The van der Waals surface area contributed by atoms with Crippen molar-refractivity contribution in [2.75, 3.05) is 5.32 Å². The molecule has 1 N–H and O–H groups in total. The summed E-state index contributed by atoms with van der Waals surface area (Å²) < 4.78 is 10.5. The first-order valence-corrected chi connectivity index (χ1v) is 8.34. The van der Waals surface area contributed by atoms with Crippen molar-refractivity contribution in [2.45, 2.75) is 0 Å². The van der Waals surface area contributed by atoms with Gasteiger partial charge < -0.3 is 8.83 Å². The standard InChI is InChI=1S/C18H10N4O3S/c19-10-11-3-5-12(6-4-11)14-7-8-15(26-14)16(23)20-18-22-21-17(25-18)13-2-1-9-24-13/h1-9H,(H,20,22,23). The lowest BCUT2D eigenvalue weighted by molar-refractivity contribution is 0.102. The normalized spacial score (nSPS) is 10.4. The quantitative estimate of drug-likeness (QED) is 0.584. The topological polar surface area (TPSA) is 105 Å². The van der Waals surface area contributed by atoms with Gasteiger partial charge in [-0.3, -0.25) is 10.1 Å². The fourth-order valence-electron chi connectivity index (χ4n) is 2.26. The Bertz CT molecular complexity index is 1090. The number of furan rings is 1. The number of anilines is 1. The molecule has 3 heterocycles. The van der Waals surface area contributed by atoms with Crippen molar-refractivity contribution in [1.82, 2.24) is 10.2 Å². The van der Waals surface area contributed by atoms with Crippen LogP contribution in [0.3, 0.4) is 0 Å². The fraction of sp³-hybridized carbons (Fsp3) is 0. The van der Waals surface area contributed by atoms with Crippen molar-refractivity contribution >= 4 is 23.3 Å². The Balaban J connectivity index is 1.49. The van der Waals surface area contributed by atoms with Gasteiger partial charge >= 0.3 is 6.01 Å². The van der Waals surface area contributed by atoms with Gasteiger partial charge in [0.25, 0.3) is 11.8 Å². The second kappa shape index (κ2) is 6.66. The highest BCUT2D eigenvalue weighted by atomic mass is 32.1. The molecule has 7 nitrogen and oxygen atoms in total. The number of carbonyl (C=O) groups excluding carboxylic acids is 1. The number of carbonyl (C=O) groups is 1. The molecule has 0 saturated carbocycles. The molecule has 8 heteroatoms. The molecule has 126 valence electrons. The number of nitriles is 1. The molecule has 0 aliphatic rings. The van der Waals surface area contributed by atoms with Crippen LogP contribution in [0.25, 0.3) is 22.1 Å². The molecule has 0 saturated heterocycles. The van der Waals surface area contributed by atoms with Crippen LogP contribution in [-0.2, 0) is 0 Å². The smallest absolute Gasteiger partial charge is 0.322 e. The van der Waals surface area contributed by atoms with Gasteiger partial charge in [-0.1, -0.05) is 17.2 Å². The van der Waals surface area contributed by atoms with Crippen LogP contribution in [0.1, 0.15) is 15.2 Å². The van der Waals surface area contributed by atoms with E-state index >= 15 is 0 Å². The van der Waals surface area contributed by atoms with E-state index in [2.05, 4.69) is 21.6 Å². The summed E-state index contributed by atoms with van der Waals surface area (Å²) in [5, 5.41) is 19.0. The van der Waals surface area contributed by atoms with Gasteiger partial charge in [0.05, 0.1) is 22.8 Å². The van der Waals surface area contributed by atoms with Crippen molar-refractivity contribution in [1.29, 1.82) is 5.26 Å². The van der Waals surface area contributed by atoms with Gasteiger partial charge in [0.2, 0.25) is 0 Å². The molecule has 0 unspecified atom stereocenters. The summed E-state index contributed by atoms with van der Waals surface area (Å²) in [6, 6.07) is 16.2. The molecule has 26 heavy (non-hydrogen) atoms. The van der Waals surface area contributed by atoms with Crippen LogP contribution >= 0.6 is 11.3 Å². The maximum absolute atomic E-state index is 12.4. The number of thiophene rings is 1. The summed E-state index contributed by atoms with van der Waals surface area (Å²) in [5.41, 5.74) is 1.53. The number of nitrogens with one attached hydrogen (secondary N) is 1. The van der Waals surface area contributed by atoms with Crippen LogP contribution in [0.4, 0.5) is 6.01 Å². The van der Waals surface area contributed by atoms with E-state index in [-0.39, 0.29) is 17.8 Å². The third-order valence-electron chi connectivity index (χ3n) is 3.51. The van der Waals surface area contributed by atoms with Crippen molar-refractivity contribution in [2.24, 2.45) is 0 Å². The van der Waals surface area contributed by atoms with Gasteiger partial charge in [-0.2, -0.15) is 5.26 Å². The molecule has 0 aliphatic carbocycles. The zero-order chi connectivity index (χ0) is 17.9. The highest BCUT2D eigenvalue weighted by Crippen LogP contribution is 2.29. The highest BCUT2D eigenvalue weighted by Gasteiger charge is 2.16. The minimum absolute atomic E-state index is 0.00489. The summed E-state index contributed by atoms with van der Waals surface area (Å²) in [6.45, 7) is 0. The van der Waals surface area contributed by atoms with Crippen LogP contribution in [0.2, 0.25) is 0 Å². The summed E-state index contributed by atoms with van der Waals surface area (Å²) in [4.78, 5) is 13.8. The molecule has 0 spiro atoms. The number of benzene rings is 1. The number of nitrogens with zero attached hydrogens (tertiary/aromatic N) is 3. The van der Waals surface area contributed by atoms with E-state index in [9.17, 15) is 4.79 Å². The maximum Gasteiger partial charge on any atom is 0.322 e. The van der Waals surface area contributed by atoms with Crippen LogP contribution in [0, 0.1) is 11.3 Å². The van der Waals surface area contributed by atoms with E-state index in [0.717, 1.165) is 10.4 Å². The van der Waals surface area contributed by atoms with Crippen LogP contribution in [0.5, 0.6) is 0 Å². The second-order valence-electron chi connectivity index (χ2n) is 5.20. The van der Waals surface area contributed by atoms with Crippen molar-refractivity contribution < 1.29 is 13.6 Å². The zero-order valence-corrected chi connectivity index (χ0v) is 14.0. The maximum atomic E-state index is 12.4. The van der Waals surface area contributed by atoms with E-state index in [4.69, 9.17) is 14.1 Å². The first kappa shape index (κ1) is 15.8. The minimum atomic E-state index is -0.343. The number of aromatic nitrogens is 2. The third-order valence-corrected chi connectivity index (χ3v) is 4.64. The SMILES string of the molecule is N#Cc1ccc(-c2ccc(C(=O)Nc3nnc(-c4ccco4)o3)s2)cc1. The Labute approximate surface area is 151 Å². The average Bonchev–Trinajstić information content (AvgIpc) is 3.42. The minimum Gasteiger partial charge on any atom is -0.459 e. The van der Waals surface area contributed by atoms with Gasteiger partial charge in [-0.05, 0) is 42.0 Å². The molecule has 3 aromatic heterocycles.